The molecule has 34 heavy (non-hydrogen) atoms. The van der Waals surface area contributed by atoms with Crippen LogP contribution >= 0.6 is 0 Å². The predicted octanol–water partition coefficient (Wildman–Crippen LogP) is 2.78. The Kier molecular flexibility index (Phi) is 6.61. The number of carbonyl (C=O) groups excluding carboxylic acids is 2. The Balaban J connectivity index is 1.41. The second kappa shape index (κ2) is 9.46. The van der Waals surface area contributed by atoms with Crippen LogP contribution in [0.2, 0.25) is 0 Å². The molecule has 1 saturated heterocycles. The summed E-state index contributed by atoms with van der Waals surface area (Å²) < 4.78 is 5.60. The van der Waals surface area contributed by atoms with Gasteiger partial charge in [0.2, 0.25) is 5.91 Å². The van der Waals surface area contributed by atoms with Crippen LogP contribution in [-0.2, 0) is 14.3 Å². The average Bonchev–Trinajstić information content (AvgIpc) is 3.10. The van der Waals surface area contributed by atoms with Crippen molar-refractivity contribution in [3.63, 3.8) is 0 Å². The van der Waals surface area contributed by atoms with Crippen LogP contribution in [0.25, 0.3) is 11.1 Å². The van der Waals surface area contributed by atoms with Gasteiger partial charge in [0.25, 0.3) is 0 Å². The third-order valence-corrected chi connectivity index (χ3v) is 6.91. The number of likely N-dealkylation sites (tertiary alicyclic amines) is 1. The van der Waals surface area contributed by atoms with E-state index in [4.69, 9.17) is 4.74 Å². The summed E-state index contributed by atoms with van der Waals surface area (Å²) in [7, 11) is 3.62. The van der Waals surface area contributed by atoms with Gasteiger partial charge in [-0.15, -0.1) is 0 Å². The lowest BCUT2D eigenvalue weighted by molar-refractivity contribution is -0.167. The number of nitrogens with one attached hydrogen (secondary N) is 1. The molecule has 1 aliphatic carbocycles. The van der Waals surface area contributed by atoms with Crippen LogP contribution in [0.5, 0.6) is 0 Å². The van der Waals surface area contributed by atoms with Crippen LogP contribution in [0.15, 0.2) is 48.5 Å². The molecule has 0 unspecified atom stereocenters. The summed E-state index contributed by atoms with van der Waals surface area (Å²) in [6.45, 7) is 2.54. The smallest absolute Gasteiger partial charge is 0.407 e. The highest BCUT2D eigenvalue weighted by molar-refractivity contribution is 5.89. The summed E-state index contributed by atoms with van der Waals surface area (Å²) in [5.41, 5.74) is 3.61. The average molecular weight is 466 g/mol. The standard InChI is InChI=1S/C26H31N3O5/c1-4-26(24(31)32)15-29(16-26)23(30)22(13-28(2)3)27-25(33)34-14-21-19-11-7-5-9-17(19)18-10-6-8-12-20(18)21/h5-12,21-22H,4,13-16H2,1-3H3,(H,27,33)(H,31,32)/t22-/m0/s1. The number of rotatable bonds is 8. The molecule has 0 aromatic heterocycles. The summed E-state index contributed by atoms with van der Waals surface area (Å²) in [5.74, 6) is -1.27. The number of benzene rings is 2. The summed E-state index contributed by atoms with van der Waals surface area (Å²) in [4.78, 5) is 40.6. The van der Waals surface area contributed by atoms with Gasteiger partial charge in [0.15, 0.2) is 0 Å². The number of fused-ring (bicyclic) bond motifs is 3. The molecule has 2 amide bonds. The number of aliphatic carboxylic acids is 1. The van der Waals surface area contributed by atoms with Gasteiger partial charge in [-0.25, -0.2) is 4.79 Å². The number of ether oxygens (including phenoxy) is 1. The number of hydrogen-bond donors (Lipinski definition) is 2. The van der Waals surface area contributed by atoms with Gasteiger partial charge in [-0.05, 0) is 42.8 Å². The second-order valence-electron chi connectivity index (χ2n) is 9.42. The second-order valence-corrected chi connectivity index (χ2v) is 9.42. The molecule has 1 atom stereocenters. The number of carboxylic acids is 1. The lowest BCUT2D eigenvalue weighted by Crippen LogP contribution is -2.66. The minimum atomic E-state index is -0.901. The topological polar surface area (TPSA) is 99.2 Å². The molecule has 4 rings (SSSR count). The van der Waals surface area contributed by atoms with Crippen molar-refractivity contribution in [2.45, 2.75) is 25.3 Å². The van der Waals surface area contributed by atoms with E-state index in [-0.39, 0.29) is 38.1 Å². The monoisotopic (exact) mass is 465 g/mol. The first-order valence-corrected chi connectivity index (χ1v) is 11.5. The first-order valence-electron chi connectivity index (χ1n) is 11.5. The van der Waals surface area contributed by atoms with E-state index in [0.29, 0.717) is 6.42 Å². The van der Waals surface area contributed by atoms with E-state index in [0.717, 1.165) is 22.3 Å². The van der Waals surface area contributed by atoms with Crippen molar-refractivity contribution in [3.05, 3.63) is 59.7 Å². The molecular formula is C26H31N3O5. The van der Waals surface area contributed by atoms with Crippen LogP contribution in [-0.4, -0.2) is 79.3 Å². The van der Waals surface area contributed by atoms with Crippen molar-refractivity contribution >= 4 is 18.0 Å². The van der Waals surface area contributed by atoms with Crippen molar-refractivity contribution in [3.8, 4) is 11.1 Å². The lowest BCUT2D eigenvalue weighted by atomic mass is 9.77. The van der Waals surface area contributed by atoms with Crippen LogP contribution < -0.4 is 5.32 Å². The largest absolute Gasteiger partial charge is 0.481 e. The molecule has 2 aromatic rings. The van der Waals surface area contributed by atoms with Gasteiger partial charge >= 0.3 is 12.1 Å². The molecule has 1 fully saturated rings. The Bertz CT molecular complexity index is 1050. The maximum Gasteiger partial charge on any atom is 0.407 e. The maximum atomic E-state index is 13.0. The summed E-state index contributed by atoms with van der Waals surface area (Å²) in [6, 6.07) is 15.4. The highest BCUT2D eigenvalue weighted by Gasteiger charge is 2.51. The lowest BCUT2D eigenvalue weighted by Gasteiger charge is -2.47. The molecule has 2 N–H and O–H groups in total. The number of likely N-dealkylation sites (N-methyl/N-ethyl adjacent to an activating group) is 1. The molecule has 2 aliphatic rings. The molecular weight excluding hydrogens is 434 g/mol. The molecule has 1 heterocycles. The Morgan fingerprint density at radius 3 is 2.15 bits per heavy atom. The van der Waals surface area contributed by atoms with Crippen LogP contribution in [0.3, 0.4) is 0 Å². The molecule has 1 aliphatic heterocycles. The molecule has 2 aromatic carbocycles. The van der Waals surface area contributed by atoms with Crippen molar-refractivity contribution in [1.82, 2.24) is 15.1 Å². The number of amides is 2. The summed E-state index contributed by atoms with van der Waals surface area (Å²) >= 11 is 0. The summed E-state index contributed by atoms with van der Waals surface area (Å²) in [5, 5.41) is 12.2. The van der Waals surface area contributed by atoms with Crippen LogP contribution in [0, 0.1) is 5.41 Å². The Morgan fingerprint density at radius 1 is 1.09 bits per heavy atom. The normalized spacial score (nSPS) is 16.9. The van der Waals surface area contributed by atoms with Crippen molar-refractivity contribution in [1.29, 1.82) is 0 Å². The van der Waals surface area contributed by atoms with E-state index in [2.05, 4.69) is 17.4 Å². The van der Waals surface area contributed by atoms with Gasteiger partial charge in [-0.2, -0.15) is 0 Å². The van der Waals surface area contributed by atoms with E-state index in [1.807, 2.05) is 57.4 Å². The van der Waals surface area contributed by atoms with E-state index < -0.39 is 23.5 Å². The zero-order valence-electron chi connectivity index (χ0n) is 19.8. The Morgan fingerprint density at radius 2 is 1.65 bits per heavy atom. The molecule has 8 nitrogen and oxygen atoms in total. The van der Waals surface area contributed by atoms with Crippen molar-refractivity contribution < 1.29 is 24.2 Å². The van der Waals surface area contributed by atoms with Crippen LogP contribution in [0.4, 0.5) is 4.79 Å². The van der Waals surface area contributed by atoms with E-state index in [9.17, 15) is 19.5 Å². The maximum absolute atomic E-state index is 13.0. The molecule has 8 heteroatoms. The van der Waals surface area contributed by atoms with Crippen molar-refractivity contribution in [2.24, 2.45) is 5.41 Å². The third-order valence-electron chi connectivity index (χ3n) is 6.91. The third kappa shape index (κ3) is 4.37. The zero-order valence-corrected chi connectivity index (χ0v) is 19.8. The minimum absolute atomic E-state index is 0.0720. The van der Waals surface area contributed by atoms with Crippen LogP contribution in [0.1, 0.15) is 30.4 Å². The fraction of sp³-hybridized carbons (Fsp3) is 0.423. The first kappa shape index (κ1) is 23.8. The number of carbonyl (C=O) groups is 3. The molecule has 0 saturated carbocycles. The number of hydrogen-bond acceptors (Lipinski definition) is 5. The van der Waals surface area contributed by atoms with E-state index >= 15 is 0 Å². The molecule has 180 valence electrons. The minimum Gasteiger partial charge on any atom is -0.481 e. The van der Waals surface area contributed by atoms with Gasteiger partial charge in [0.05, 0.1) is 0 Å². The highest BCUT2D eigenvalue weighted by Crippen LogP contribution is 2.44. The fourth-order valence-corrected chi connectivity index (χ4v) is 4.90. The zero-order chi connectivity index (χ0) is 24.5. The van der Waals surface area contributed by atoms with Gasteiger partial charge in [-0.3, -0.25) is 9.59 Å². The Hall–Kier alpha value is -3.39. The Labute approximate surface area is 199 Å². The number of alkyl carbamates (subject to hydrolysis) is 1. The van der Waals surface area contributed by atoms with E-state index in [1.54, 1.807) is 4.90 Å². The quantitative estimate of drug-likeness (QED) is 0.622. The highest BCUT2D eigenvalue weighted by atomic mass is 16.5. The molecule has 0 radical (unpaired) electrons. The van der Waals surface area contributed by atoms with Crippen molar-refractivity contribution in [2.75, 3.05) is 40.3 Å². The SMILES string of the molecule is CCC1(C(=O)O)CN(C(=O)[C@H](CN(C)C)NC(=O)OCC2c3ccccc3-c3ccccc32)C1. The fourth-order valence-electron chi connectivity index (χ4n) is 4.90. The molecule has 0 spiro atoms. The number of nitrogens with zero attached hydrogens (tertiary/aromatic N) is 2. The summed E-state index contributed by atoms with van der Waals surface area (Å²) in [6.07, 6.45) is -0.216. The van der Waals surface area contributed by atoms with E-state index in [1.165, 1.54) is 4.90 Å². The number of carboxylic acid groups (broad SMARTS) is 1. The predicted molar refractivity (Wildman–Crippen MR) is 127 cm³/mol. The van der Waals surface area contributed by atoms with Gasteiger partial charge in [0.1, 0.15) is 18.1 Å². The van der Waals surface area contributed by atoms with Gasteiger partial charge in [-0.1, -0.05) is 55.5 Å². The molecule has 0 bridgehead atoms. The van der Waals surface area contributed by atoms with Gasteiger partial charge < -0.3 is 25.0 Å². The first-order chi connectivity index (χ1) is 16.3. The van der Waals surface area contributed by atoms with Gasteiger partial charge in [0, 0.05) is 25.6 Å².